The van der Waals surface area contributed by atoms with Crippen LogP contribution >= 0.6 is 0 Å². The van der Waals surface area contributed by atoms with Gasteiger partial charge in [-0.05, 0) is 29.5 Å². The summed E-state index contributed by atoms with van der Waals surface area (Å²) in [7, 11) is -3.88. The number of aromatic carboxylic acids is 1. The first-order chi connectivity index (χ1) is 9.47. The average molecular weight is 317 g/mol. The molecular weight excluding hydrogens is 297 g/mol. The van der Waals surface area contributed by atoms with Crippen molar-refractivity contribution in [2.24, 2.45) is 11.3 Å². The molecule has 2 N–H and O–H groups in total. The van der Waals surface area contributed by atoms with Crippen molar-refractivity contribution in [3.63, 3.8) is 0 Å². The average Bonchev–Trinajstić information content (AvgIpc) is 2.36. The molecule has 0 fully saturated rings. The molecule has 7 heteroatoms. The summed E-state index contributed by atoms with van der Waals surface area (Å²) < 4.78 is 40.1. The van der Waals surface area contributed by atoms with Gasteiger partial charge in [0.05, 0.1) is 10.5 Å². The maximum atomic E-state index is 13.3. The molecule has 118 valence electrons. The van der Waals surface area contributed by atoms with E-state index in [-0.39, 0.29) is 22.8 Å². The van der Waals surface area contributed by atoms with Crippen molar-refractivity contribution in [2.45, 2.75) is 32.6 Å². The summed E-state index contributed by atoms with van der Waals surface area (Å²) in [5, 5.41) is 8.83. The van der Waals surface area contributed by atoms with Crippen molar-refractivity contribution in [3.05, 3.63) is 29.6 Å². The molecule has 0 saturated heterocycles. The van der Waals surface area contributed by atoms with Gasteiger partial charge in [0.2, 0.25) is 10.0 Å². The SMILES string of the molecule is CC(C)C(C)(C)CNS(=O)(=O)c1ccc(F)c(C(=O)O)c1. The monoisotopic (exact) mass is 317 g/mol. The molecule has 1 rings (SSSR count). The minimum Gasteiger partial charge on any atom is -0.478 e. The first-order valence-corrected chi connectivity index (χ1v) is 7.98. The van der Waals surface area contributed by atoms with E-state index in [9.17, 15) is 17.6 Å². The molecule has 0 spiro atoms. The number of carboxylic acids is 1. The molecule has 0 aliphatic rings. The summed E-state index contributed by atoms with van der Waals surface area (Å²) in [6.07, 6.45) is 0. The summed E-state index contributed by atoms with van der Waals surface area (Å²) in [5.74, 6) is -2.22. The second kappa shape index (κ2) is 6.11. The van der Waals surface area contributed by atoms with Crippen LogP contribution in [0.25, 0.3) is 0 Å². The van der Waals surface area contributed by atoms with Gasteiger partial charge >= 0.3 is 5.97 Å². The summed E-state index contributed by atoms with van der Waals surface area (Å²) in [6.45, 7) is 8.01. The van der Waals surface area contributed by atoms with Gasteiger partial charge in [0.15, 0.2) is 0 Å². The van der Waals surface area contributed by atoms with E-state index in [0.717, 1.165) is 18.2 Å². The smallest absolute Gasteiger partial charge is 0.338 e. The molecule has 0 radical (unpaired) electrons. The lowest BCUT2D eigenvalue weighted by molar-refractivity contribution is 0.0691. The molecule has 0 amide bonds. The Morgan fingerprint density at radius 3 is 2.43 bits per heavy atom. The Kier molecular flexibility index (Phi) is 5.11. The van der Waals surface area contributed by atoms with Gasteiger partial charge in [0.1, 0.15) is 5.82 Å². The fourth-order valence-electron chi connectivity index (χ4n) is 1.40. The van der Waals surface area contributed by atoms with Crippen molar-refractivity contribution in [3.8, 4) is 0 Å². The van der Waals surface area contributed by atoms with Gasteiger partial charge in [-0.1, -0.05) is 27.7 Å². The van der Waals surface area contributed by atoms with E-state index in [1.54, 1.807) is 0 Å². The highest BCUT2D eigenvalue weighted by Gasteiger charge is 2.26. The zero-order chi connectivity index (χ0) is 16.4. The van der Waals surface area contributed by atoms with Crippen molar-refractivity contribution in [2.75, 3.05) is 6.54 Å². The van der Waals surface area contributed by atoms with Crippen LogP contribution in [0, 0.1) is 17.2 Å². The highest BCUT2D eigenvalue weighted by atomic mass is 32.2. The number of benzene rings is 1. The van der Waals surface area contributed by atoms with E-state index < -0.39 is 27.4 Å². The summed E-state index contributed by atoms with van der Waals surface area (Å²) in [4.78, 5) is 10.6. The van der Waals surface area contributed by atoms with Gasteiger partial charge in [-0.15, -0.1) is 0 Å². The van der Waals surface area contributed by atoms with E-state index in [2.05, 4.69) is 4.72 Å². The fourth-order valence-corrected chi connectivity index (χ4v) is 2.65. The zero-order valence-corrected chi connectivity index (χ0v) is 13.3. The first-order valence-electron chi connectivity index (χ1n) is 6.50. The molecule has 0 aliphatic heterocycles. The Labute approximate surface area is 124 Å². The lowest BCUT2D eigenvalue weighted by Crippen LogP contribution is -2.37. The Morgan fingerprint density at radius 1 is 1.38 bits per heavy atom. The normalized spacial score (nSPS) is 12.7. The molecule has 0 bridgehead atoms. The number of carbonyl (C=O) groups is 1. The van der Waals surface area contributed by atoms with Crippen LogP contribution in [0.2, 0.25) is 0 Å². The van der Waals surface area contributed by atoms with Gasteiger partial charge in [0.25, 0.3) is 0 Å². The predicted octanol–water partition coefficient (Wildman–Crippen LogP) is 2.48. The molecular formula is C14H20FNO4S. The summed E-state index contributed by atoms with van der Waals surface area (Å²) in [5.41, 5.74) is -0.927. The zero-order valence-electron chi connectivity index (χ0n) is 12.5. The molecule has 0 atom stereocenters. The maximum Gasteiger partial charge on any atom is 0.338 e. The molecule has 5 nitrogen and oxygen atoms in total. The molecule has 1 aromatic rings. The third kappa shape index (κ3) is 4.25. The molecule has 0 aliphatic carbocycles. The molecule has 21 heavy (non-hydrogen) atoms. The van der Waals surface area contributed by atoms with E-state index in [1.807, 2.05) is 27.7 Å². The van der Waals surface area contributed by atoms with Gasteiger partial charge in [0, 0.05) is 6.54 Å². The first kappa shape index (κ1) is 17.6. The second-order valence-electron chi connectivity index (χ2n) is 5.91. The van der Waals surface area contributed by atoms with Crippen LogP contribution in [-0.4, -0.2) is 26.0 Å². The minimum atomic E-state index is -3.88. The summed E-state index contributed by atoms with van der Waals surface area (Å²) in [6, 6.07) is 2.71. The van der Waals surface area contributed by atoms with Crippen molar-refractivity contribution in [1.82, 2.24) is 4.72 Å². The second-order valence-corrected chi connectivity index (χ2v) is 7.68. The van der Waals surface area contributed by atoms with Crippen molar-refractivity contribution >= 4 is 16.0 Å². The number of hydrogen-bond acceptors (Lipinski definition) is 3. The number of halogens is 1. The Morgan fingerprint density at radius 2 is 1.95 bits per heavy atom. The molecule has 0 saturated carbocycles. The number of hydrogen-bond donors (Lipinski definition) is 2. The van der Waals surface area contributed by atoms with Crippen molar-refractivity contribution in [1.29, 1.82) is 0 Å². The van der Waals surface area contributed by atoms with Gasteiger partial charge in [-0.3, -0.25) is 0 Å². The van der Waals surface area contributed by atoms with E-state index in [0.29, 0.717) is 0 Å². The third-order valence-corrected chi connectivity index (χ3v) is 5.16. The highest BCUT2D eigenvalue weighted by molar-refractivity contribution is 7.89. The predicted molar refractivity (Wildman–Crippen MR) is 77.2 cm³/mol. The Bertz CT molecular complexity index is 638. The minimum absolute atomic E-state index is 0.201. The summed E-state index contributed by atoms with van der Waals surface area (Å²) >= 11 is 0. The van der Waals surface area contributed by atoms with Crippen LogP contribution in [0.15, 0.2) is 23.1 Å². The Balaban J connectivity index is 3.04. The molecule has 1 aromatic carbocycles. The van der Waals surface area contributed by atoms with E-state index in [1.165, 1.54) is 0 Å². The quantitative estimate of drug-likeness (QED) is 0.844. The van der Waals surface area contributed by atoms with Crippen LogP contribution in [0.1, 0.15) is 38.1 Å². The number of carboxylic acid groups (broad SMARTS) is 1. The fraction of sp³-hybridized carbons (Fsp3) is 0.500. The highest BCUT2D eigenvalue weighted by Crippen LogP contribution is 2.25. The number of rotatable bonds is 6. The van der Waals surface area contributed by atoms with Crippen LogP contribution in [0.5, 0.6) is 0 Å². The van der Waals surface area contributed by atoms with Gasteiger partial charge < -0.3 is 5.11 Å². The third-order valence-electron chi connectivity index (χ3n) is 3.76. The van der Waals surface area contributed by atoms with Crippen LogP contribution in [-0.2, 0) is 10.0 Å². The van der Waals surface area contributed by atoms with Gasteiger partial charge in [-0.2, -0.15) is 0 Å². The lowest BCUT2D eigenvalue weighted by atomic mass is 9.81. The van der Waals surface area contributed by atoms with Crippen LogP contribution in [0.3, 0.4) is 0 Å². The molecule has 0 unspecified atom stereocenters. The number of nitrogens with one attached hydrogen (secondary N) is 1. The van der Waals surface area contributed by atoms with Crippen LogP contribution < -0.4 is 4.72 Å². The maximum absolute atomic E-state index is 13.3. The molecule has 0 heterocycles. The lowest BCUT2D eigenvalue weighted by Gasteiger charge is -2.29. The number of sulfonamides is 1. The standard InChI is InChI=1S/C14H20FNO4S/c1-9(2)14(3,4)8-16-21(19,20)10-5-6-12(15)11(7-10)13(17)18/h5-7,9,16H,8H2,1-4H3,(H,17,18). The largest absolute Gasteiger partial charge is 0.478 e. The topological polar surface area (TPSA) is 83.5 Å². The van der Waals surface area contributed by atoms with Crippen molar-refractivity contribution < 1.29 is 22.7 Å². The molecule has 0 aromatic heterocycles. The van der Waals surface area contributed by atoms with Gasteiger partial charge in [-0.25, -0.2) is 22.3 Å². The van der Waals surface area contributed by atoms with Crippen LogP contribution in [0.4, 0.5) is 4.39 Å². The van der Waals surface area contributed by atoms with E-state index >= 15 is 0 Å². The Hall–Kier alpha value is -1.47. The van der Waals surface area contributed by atoms with E-state index in [4.69, 9.17) is 5.11 Å².